The van der Waals surface area contributed by atoms with Crippen molar-refractivity contribution in [2.75, 3.05) is 6.79 Å². The van der Waals surface area contributed by atoms with Gasteiger partial charge in [-0.3, -0.25) is 4.68 Å². The van der Waals surface area contributed by atoms with Gasteiger partial charge in [-0.25, -0.2) is 0 Å². The standard InChI is InChI=1S/C13H16N2O2/c1-2-15-9-13(8-14-15)17-11-16-10-12-6-4-3-5-7-12/h3-9H,2,10-11H2,1H3. The maximum atomic E-state index is 5.41. The summed E-state index contributed by atoms with van der Waals surface area (Å²) in [7, 11) is 0. The molecule has 0 atom stereocenters. The zero-order chi connectivity index (χ0) is 11.9. The van der Waals surface area contributed by atoms with Gasteiger partial charge in [0, 0.05) is 6.54 Å². The Kier molecular flexibility index (Phi) is 4.16. The minimum Gasteiger partial charge on any atom is -0.464 e. The third-order valence-corrected chi connectivity index (χ3v) is 2.35. The molecule has 0 amide bonds. The van der Waals surface area contributed by atoms with Gasteiger partial charge in [0.1, 0.15) is 0 Å². The van der Waals surface area contributed by atoms with Gasteiger partial charge in [0.05, 0.1) is 19.0 Å². The summed E-state index contributed by atoms with van der Waals surface area (Å²) in [5.41, 5.74) is 1.14. The van der Waals surface area contributed by atoms with Crippen molar-refractivity contribution in [3.8, 4) is 5.75 Å². The molecule has 0 saturated carbocycles. The van der Waals surface area contributed by atoms with Crippen LogP contribution >= 0.6 is 0 Å². The van der Waals surface area contributed by atoms with Gasteiger partial charge in [-0.2, -0.15) is 5.10 Å². The van der Waals surface area contributed by atoms with Crippen LogP contribution in [0.25, 0.3) is 0 Å². The van der Waals surface area contributed by atoms with E-state index < -0.39 is 0 Å². The first-order valence-corrected chi connectivity index (χ1v) is 5.65. The van der Waals surface area contributed by atoms with Crippen LogP contribution in [-0.2, 0) is 17.9 Å². The van der Waals surface area contributed by atoms with E-state index in [1.807, 2.05) is 48.1 Å². The zero-order valence-corrected chi connectivity index (χ0v) is 9.87. The summed E-state index contributed by atoms with van der Waals surface area (Å²) in [5, 5.41) is 4.11. The molecule has 4 heteroatoms. The van der Waals surface area contributed by atoms with Crippen LogP contribution in [0.3, 0.4) is 0 Å². The van der Waals surface area contributed by atoms with Crippen molar-refractivity contribution in [3.05, 3.63) is 48.3 Å². The molecule has 4 nitrogen and oxygen atoms in total. The molecule has 0 radical (unpaired) electrons. The Morgan fingerprint density at radius 2 is 2.06 bits per heavy atom. The fourth-order valence-electron chi connectivity index (χ4n) is 1.44. The Bertz CT molecular complexity index is 440. The number of aryl methyl sites for hydroxylation is 1. The van der Waals surface area contributed by atoms with Crippen LogP contribution in [-0.4, -0.2) is 16.6 Å². The highest BCUT2D eigenvalue weighted by Gasteiger charge is 1.97. The minimum absolute atomic E-state index is 0.240. The molecule has 2 rings (SSSR count). The number of benzene rings is 1. The number of nitrogens with zero attached hydrogens (tertiary/aromatic N) is 2. The van der Waals surface area contributed by atoms with E-state index in [-0.39, 0.29) is 6.79 Å². The second kappa shape index (κ2) is 6.06. The molecule has 1 heterocycles. The van der Waals surface area contributed by atoms with E-state index in [1.54, 1.807) is 6.20 Å². The van der Waals surface area contributed by atoms with Crippen LogP contribution in [0.4, 0.5) is 0 Å². The largest absolute Gasteiger partial charge is 0.464 e. The third kappa shape index (κ3) is 3.60. The predicted octanol–water partition coefficient (Wildman–Crippen LogP) is 2.46. The van der Waals surface area contributed by atoms with E-state index in [0.717, 1.165) is 17.9 Å². The van der Waals surface area contributed by atoms with Crippen LogP contribution < -0.4 is 4.74 Å². The molecule has 17 heavy (non-hydrogen) atoms. The van der Waals surface area contributed by atoms with Gasteiger partial charge in [-0.1, -0.05) is 30.3 Å². The van der Waals surface area contributed by atoms with Crippen molar-refractivity contribution in [1.82, 2.24) is 9.78 Å². The molecule has 0 N–H and O–H groups in total. The van der Waals surface area contributed by atoms with Crippen molar-refractivity contribution in [2.24, 2.45) is 0 Å². The average Bonchev–Trinajstić information content (AvgIpc) is 2.84. The van der Waals surface area contributed by atoms with E-state index in [2.05, 4.69) is 5.10 Å². The number of rotatable bonds is 6. The van der Waals surface area contributed by atoms with Crippen molar-refractivity contribution in [3.63, 3.8) is 0 Å². The monoisotopic (exact) mass is 232 g/mol. The fourth-order valence-corrected chi connectivity index (χ4v) is 1.44. The highest BCUT2D eigenvalue weighted by atomic mass is 16.7. The maximum Gasteiger partial charge on any atom is 0.189 e. The van der Waals surface area contributed by atoms with Crippen molar-refractivity contribution in [2.45, 2.75) is 20.1 Å². The first-order chi connectivity index (χ1) is 8.38. The average molecular weight is 232 g/mol. The third-order valence-electron chi connectivity index (χ3n) is 2.35. The molecule has 1 aromatic heterocycles. The van der Waals surface area contributed by atoms with Gasteiger partial charge in [-0.05, 0) is 12.5 Å². The summed E-state index contributed by atoms with van der Waals surface area (Å²) >= 11 is 0. The first kappa shape index (κ1) is 11.7. The molecule has 0 aliphatic carbocycles. The maximum absolute atomic E-state index is 5.41. The lowest BCUT2D eigenvalue weighted by molar-refractivity contribution is 0.00499. The molecule has 0 bridgehead atoms. The Labute approximate surface area is 101 Å². The number of ether oxygens (including phenoxy) is 2. The summed E-state index contributed by atoms with van der Waals surface area (Å²) in [5.74, 6) is 0.736. The summed E-state index contributed by atoms with van der Waals surface area (Å²) in [6, 6.07) is 10.0. The van der Waals surface area contributed by atoms with E-state index in [9.17, 15) is 0 Å². The molecule has 0 fully saturated rings. The highest BCUT2D eigenvalue weighted by Crippen LogP contribution is 2.08. The van der Waals surface area contributed by atoms with Gasteiger partial charge < -0.3 is 9.47 Å². The number of hydrogen-bond donors (Lipinski definition) is 0. The molecule has 0 unspecified atom stereocenters. The van der Waals surface area contributed by atoms with Crippen LogP contribution in [0, 0.1) is 0 Å². The lowest BCUT2D eigenvalue weighted by Crippen LogP contribution is -2.02. The molecular formula is C13H16N2O2. The first-order valence-electron chi connectivity index (χ1n) is 5.65. The quantitative estimate of drug-likeness (QED) is 0.567. The van der Waals surface area contributed by atoms with Gasteiger partial charge in [0.2, 0.25) is 0 Å². The van der Waals surface area contributed by atoms with Gasteiger partial charge in [0.15, 0.2) is 12.5 Å². The molecule has 0 saturated heterocycles. The molecular weight excluding hydrogens is 216 g/mol. The Balaban J connectivity index is 1.69. The van der Waals surface area contributed by atoms with Crippen molar-refractivity contribution >= 4 is 0 Å². The summed E-state index contributed by atoms with van der Waals surface area (Å²) in [6.45, 7) is 3.67. The summed E-state index contributed by atoms with van der Waals surface area (Å²) in [6.07, 6.45) is 3.54. The predicted molar refractivity (Wildman–Crippen MR) is 64.6 cm³/mol. The van der Waals surface area contributed by atoms with Crippen molar-refractivity contribution in [1.29, 1.82) is 0 Å². The zero-order valence-electron chi connectivity index (χ0n) is 9.87. The molecule has 0 aliphatic heterocycles. The molecule has 0 aliphatic rings. The van der Waals surface area contributed by atoms with E-state index in [1.165, 1.54) is 0 Å². The van der Waals surface area contributed by atoms with Crippen LogP contribution in [0.15, 0.2) is 42.7 Å². The highest BCUT2D eigenvalue weighted by molar-refractivity contribution is 5.13. The van der Waals surface area contributed by atoms with Crippen LogP contribution in [0.2, 0.25) is 0 Å². The van der Waals surface area contributed by atoms with Crippen molar-refractivity contribution < 1.29 is 9.47 Å². The van der Waals surface area contributed by atoms with E-state index in [4.69, 9.17) is 9.47 Å². The molecule has 90 valence electrons. The fraction of sp³-hybridized carbons (Fsp3) is 0.308. The summed E-state index contributed by atoms with van der Waals surface area (Å²) in [4.78, 5) is 0. The van der Waals surface area contributed by atoms with E-state index in [0.29, 0.717) is 6.61 Å². The second-order valence-corrected chi connectivity index (χ2v) is 3.63. The van der Waals surface area contributed by atoms with E-state index >= 15 is 0 Å². The lowest BCUT2D eigenvalue weighted by atomic mass is 10.2. The SMILES string of the molecule is CCn1cc(OCOCc2ccccc2)cn1. The topological polar surface area (TPSA) is 36.3 Å². The normalized spacial score (nSPS) is 10.4. The molecule has 1 aromatic carbocycles. The van der Waals surface area contributed by atoms with Crippen LogP contribution in [0.1, 0.15) is 12.5 Å². The lowest BCUT2D eigenvalue weighted by Gasteiger charge is -2.04. The number of aromatic nitrogens is 2. The second-order valence-electron chi connectivity index (χ2n) is 3.63. The number of hydrogen-bond acceptors (Lipinski definition) is 3. The minimum atomic E-state index is 0.240. The Hall–Kier alpha value is -1.81. The van der Waals surface area contributed by atoms with Crippen LogP contribution in [0.5, 0.6) is 5.75 Å². The van der Waals surface area contributed by atoms with Gasteiger partial charge >= 0.3 is 0 Å². The Morgan fingerprint density at radius 3 is 2.76 bits per heavy atom. The van der Waals surface area contributed by atoms with Gasteiger partial charge in [-0.15, -0.1) is 0 Å². The van der Waals surface area contributed by atoms with Gasteiger partial charge in [0.25, 0.3) is 0 Å². The Morgan fingerprint density at radius 1 is 1.24 bits per heavy atom. The smallest absolute Gasteiger partial charge is 0.189 e. The molecule has 2 aromatic rings. The molecule has 0 spiro atoms. The summed E-state index contributed by atoms with van der Waals surface area (Å²) < 4.78 is 12.6.